The van der Waals surface area contributed by atoms with Crippen LogP contribution in [0.1, 0.15) is 0 Å². The molecule has 0 aliphatic heterocycles. The molecule has 3 aromatic rings. The summed E-state index contributed by atoms with van der Waals surface area (Å²) in [6, 6.07) is 7.14. The average Bonchev–Trinajstić information content (AvgIpc) is 2.75. The highest BCUT2D eigenvalue weighted by atomic mass is 79.9. The van der Waals surface area contributed by atoms with Gasteiger partial charge in [-0.25, -0.2) is 4.79 Å². The molecule has 3 rings (SSSR count). The summed E-state index contributed by atoms with van der Waals surface area (Å²) >= 11 is 4.52. The summed E-state index contributed by atoms with van der Waals surface area (Å²) < 4.78 is 6.14. The van der Waals surface area contributed by atoms with Gasteiger partial charge in [0.25, 0.3) is 0 Å². The van der Waals surface area contributed by atoms with E-state index in [1.165, 1.54) is 0 Å². The molecule has 2 aromatic heterocycles. The third kappa shape index (κ3) is 1.91. The molecule has 5 nitrogen and oxygen atoms in total. The van der Waals surface area contributed by atoms with Crippen LogP contribution in [0.15, 0.2) is 37.9 Å². The standard InChI is InChI=1S/C11H6BrN3O2S/c12-6-1-2-8-5(3-6)4-7(10(16)17-8)9-14-15-11(13)18-9/h1-4H,(H2,13,15). The summed E-state index contributed by atoms with van der Waals surface area (Å²) in [6.07, 6.45) is 0. The van der Waals surface area contributed by atoms with Gasteiger partial charge < -0.3 is 10.2 Å². The second-order valence-corrected chi connectivity index (χ2v) is 5.50. The number of benzene rings is 1. The Balaban J connectivity index is 2.29. The van der Waals surface area contributed by atoms with Crippen LogP contribution in [0.2, 0.25) is 0 Å². The molecule has 0 saturated carbocycles. The van der Waals surface area contributed by atoms with E-state index in [1.807, 2.05) is 12.1 Å². The van der Waals surface area contributed by atoms with Gasteiger partial charge in [0, 0.05) is 9.86 Å². The first-order valence-electron chi connectivity index (χ1n) is 4.96. The van der Waals surface area contributed by atoms with Gasteiger partial charge in [-0.05, 0) is 24.3 Å². The van der Waals surface area contributed by atoms with Crippen molar-refractivity contribution < 1.29 is 4.42 Å². The van der Waals surface area contributed by atoms with Crippen molar-refractivity contribution >= 4 is 43.4 Å². The van der Waals surface area contributed by atoms with Gasteiger partial charge >= 0.3 is 5.63 Å². The Bertz CT molecular complexity index is 796. The number of hydrogen-bond acceptors (Lipinski definition) is 6. The summed E-state index contributed by atoms with van der Waals surface area (Å²) in [5.74, 6) is 0. The van der Waals surface area contributed by atoms with Gasteiger partial charge in [-0.1, -0.05) is 27.3 Å². The molecule has 1 aromatic carbocycles. The second-order valence-electron chi connectivity index (χ2n) is 3.58. The van der Waals surface area contributed by atoms with E-state index in [4.69, 9.17) is 10.2 Å². The van der Waals surface area contributed by atoms with Crippen LogP contribution in [0, 0.1) is 0 Å². The normalized spacial score (nSPS) is 10.9. The molecule has 90 valence electrons. The quantitative estimate of drug-likeness (QED) is 0.696. The average molecular weight is 324 g/mol. The lowest BCUT2D eigenvalue weighted by atomic mass is 10.2. The topological polar surface area (TPSA) is 82.0 Å². The number of rotatable bonds is 1. The lowest BCUT2D eigenvalue weighted by Gasteiger charge is -1.99. The van der Waals surface area contributed by atoms with Gasteiger partial charge in [0.1, 0.15) is 5.58 Å². The zero-order valence-corrected chi connectivity index (χ0v) is 11.3. The predicted molar refractivity (Wildman–Crippen MR) is 73.5 cm³/mol. The molecule has 0 aliphatic rings. The highest BCUT2D eigenvalue weighted by Gasteiger charge is 2.12. The van der Waals surface area contributed by atoms with Crippen molar-refractivity contribution in [2.24, 2.45) is 0 Å². The highest BCUT2D eigenvalue weighted by Crippen LogP contribution is 2.26. The zero-order chi connectivity index (χ0) is 12.7. The Morgan fingerprint density at radius 2 is 2.11 bits per heavy atom. The van der Waals surface area contributed by atoms with E-state index in [9.17, 15) is 4.79 Å². The Morgan fingerprint density at radius 3 is 2.83 bits per heavy atom. The fourth-order valence-electron chi connectivity index (χ4n) is 1.59. The maximum absolute atomic E-state index is 11.8. The molecular weight excluding hydrogens is 318 g/mol. The molecule has 18 heavy (non-hydrogen) atoms. The first-order chi connectivity index (χ1) is 8.63. The van der Waals surface area contributed by atoms with E-state index in [1.54, 1.807) is 12.1 Å². The Hall–Kier alpha value is -1.73. The largest absolute Gasteiger partial charge is 0.422 e. The summed E-state index contributed by atoms with van der Waals surface area (Å²) in [7, 11) is 0. The fourth-order valence-corrected chi connectivity index (χ4v) is 2.58. The Kier molecular flexibility index (Phi) is 2.64. The summed E-state index contributed by atoms with van der Waals surface area (Å²) in [5, 5.41) is 9.13. The van der Waals surface area contributed by atoms with Gasteiger partial charge in [-0.2, -0.15) is 0 Å². The molecule has 7 heteroatoms. The summed E-state index contributed by atoms with van der Waals surface area (Å²) in [6.45, 7) is 0. The van der Waals surface area contributed by atoms with Crippen molar-refractivity contribution in [3.8, 4) is 10.6 Å². The monoisotopic (exact) mass is 323 g/mol. The van der Waals surface area contributed by atoms with Gasteiger partial charge in [-0.3, -0.25) is 0 Å². The van der Waals surface area contributed by atoms with Crippen molar-refractivity contribution in [1.29, 1.82) is 0 Å². The molecule has 0 fully saturated rings. The number of halogens is 1. The van der Waals surface area contributed by atoms with Crippen LogP contribution in [0.25, 0.3) is 21.5 Å². The van der Waals surface area contributed by atoms with E-state index < -0.39 is 5.63 Å². The third-order valence-electron chi connectivity index (χ3n) is 2.37. The van der Waals surface area contributed by atoms with Crippen molar-refractivity contribution in [3.63, 3.8) is 0 Å². The van der Waals surface area contributed by atoms with Crippen LogP contribution in [-0.4, -0.2) is 10.2 Å². The van der Waals surface area contributed by atoms with Crippen LogP contribution in [0.5, 0.6) is 0 Å². The van der Waals surface area contributed by atoms with Crippen LogP contribution >= 0.6 is 27.3 Å². The van der Waals surface area contributed by atoms with Crippen LogP contribution < -0.4 is 11.4 Å². The molecule has 2 heterocycles. The number of aromatic nitrogens is 2. The van der Waals surface area contributed by atoms with E-state index in [0.29, 0.717) is 21.3 Å². The number of nitrogen functional groups attached to an aromatic ring is 1. The van der Waals surface area contributed by atoms with Crippen molar-refractivity contribution in [2.75, 3.05) is 5.73 Å². The first kappa shape index (κ1) is 11.4. The van der Waals surface area contributed by atoms with E-state index in [-0.39, 0.29) is 0 Å². The molecule has 0 saturated heterocycles. The van der Waals surface area contributed by atoms with Crippen LogP contribution in [0.4, 0.5) is 5.13 Å². The minimum Gasteiger partial charge on any atom is -0.422 e. The molecule has 0 bridgehead atoms. The fraction of sp³-hybridized carbons (Fsp3) is 0. The summed E-state index contributed by atoms with van der Waals surface area (Å²) in [4.78, 5) is 11.8. The van der Waals surface area contributed by atoms with E-state index >= 15 is 0 Å². The molecule has 0 unspecified atom stereocenters. The van der Waals surface area contributed by atoms with Crippen LogP contribution in [-0.2, 0) is 0 Å². The number of fused-ring (bicyclic) bond motifs is 1. The molecule has 0 spiro atoms. The van der Waals surface area contributed by atoms with Gasteiger partial charge in [0.05, 0.1) is 5.56 Å². The van der Waals surface area contributed by atoms with Crippen molar-refractivity contribution in [3.05, 3.63) is 39.2 Å². The number of nitrogens with two attached hydrogens (primary N) is 1. The van der Waals surface area contributed by atoms with Gasteiger partial charge in [0.15, 0.2) is 5.01 Å². The molecule has 0 amide bonds. The van der Waals surface area contributed by atoms with E-state index in [0.717, 1.165) is 21.2 Å². The molecule has 0 radical (unpaired) electrons. The highest BCUT2D eigenvalue weighted by molar-refractivity contribution is 9.10. The van der Waals surface area contributed by atoms with E-state index in [2.05, 4.69) is 26.1 Å². The zero-order valence-electron chi connectivity index (χ0n) is 8.88. The summed E-state index contributed by atoms with van der Waals surface area (Å²) in [5.41, 5.74) is 5.97. The molecule has 0 atom stereocenters. The minimum absolute atomic E-state index is 0.318. The minimum atomic E-state index is -0.444. The second kappa shape index (κ2) is 4.18. The first-order valence-corrected chi connectivity index (χ1v) is 6.57. The number of hydrogen-bond donors (Lipinski definition) is 1. The maximum atomic E-state index is 11.8. The van der Waals surface area contributed by atoms with Crippen molar-refractivity contribution in [1.82, 2.24) is 10.2 Å². The number of nitrogens with zero attached hydrogens (tertiary/aromatic N) is 2. The lowest BCUT2D eigenvalue weighted by molar-refractivity contribution is 0.563. The van der Waals surface area contributed by atoms with Crippen LogP contribution in [0.3, 0.4) is 0 Å². The molecular formula is C11H6BrN3O2S. The Labute approximate surface area is 113 Å². The third-order valence-corrected chi connectivity index (χ3v) is 3.64. The molecule has 0 aliphatic carbocycles. The predicted octanol–water partition coefficient (Wildman–Crippen LogP) is 2.66. The maximum Gasteiger partial charge on any atom is 0.346 e. The Morgan fingerprint density at radius 1 is 1.28 bits per heavy atom. The molecule has 2 N–H and O–H groups in total. The smallest absolute Gasteiger partial charge is 0.346 e. The lowest BCUT2D eigenvalue weighted by Crippen LogP contribution is -2.02. The van der Waals surface area contributed by atoms with Gasteiger partial charge in [0.2, 0.25) is 5.13 Å². The number of anilines is 1. The SMILES string of the molecule is Nc1nnc(-c2cc3cc(Br)ccc3oc2=O)s1. The van der Waals surface area contributed by atoms with Gasteiger partial charge in [-0.15, -0.1) is 10.2 Å². The van der Waals surface area contributed by atoms with Crippen molar-refractivity contribution in [2.45, 2.75) is 0 Å².